The second-order valence-corrected chi connectivity index (χ2v) is 9.06. The lowest BCUT2D eigenvalue weighted by Crippen LogP contribution is -2.17. The Kier molecular flexibility index (Phi) is 6.17. The van der Waals surface area contributed by atoms with Crippen molar-refractivity contribution in [3.05, 3.63) is 58.6 Å². The van der Waals surface area contributed by atoms with E-state index in [0.717, 1.165) is 0 Å². The number of hydrogen-bond donors (Lipinski definition) is 2. The van der Waals surface area contributed by atoms with Gasteiger partial charge in [-0.15, -0.1) is 0 Å². The van der Waals surface area contributed by atoms with Crippen LogP contribution in [0.1, 0.15) is 53.9 Å². The summed E-state index contributed by atoms with van der Waals surface area (Å²) < 4.78 is 26.3. The molecule has 0 saturated heterocycles. The van der Waals surface area contributed by atoms with E-state index in [9.17, 15) is 18.0 Å². The van der Waals surface area contributed by atoms with Gasteiger partial charge in [0.1, 0.15) is 0 Å². The molecular formula is C20H20ClNO5S. The zero-order chi connectivity index (χ0) is 20.3. The number of ketones is 1. The van der Waals surface area contributed by atoms with Gasteiger partial charge in [0.25, 0.3) is 0 Å². The molecule has 1 amide bonds. The van der Waals surface area contributed by atoms with Crippen molar-refractivity contribution in [2.75, 3.05) is 0 Å². The van der Waals surface area contributed by atoms with Crippen LogP contribution in [-0.2, 0) is 14.6 Å². The van der Waals surface area contributed by atoms with Gasteiger partial charge in [-0.2, -0.15) is 0 Å². The number of carbonyl (C=O) groups excluding carboxylic acids is 2. The van der Waals surface area contributed by atoms with Crippen molar-refractivity contribution < 1.29 is 23.2 Å². The second-order valence-electron chi connectivity index (χ2n) is 6.73. The van der Waals surface area contributed by atoms with Gasteiger partial charge in [0.15, 0.2) is 5.78 Å². The molecule has 28 heavy (non-hydrogen) atoms. The van der Waals surface area contributed by atoms with E-state index in [1.807, 2.05) is 0 Å². The smallest absolute Gasteiger partial charge is 0.243 e. The highest BCUT2D eigenvalue weighted by molar-refractivity contribution is 7.91. The zero-order valence-electron chi connectivity index (χ0n) is 15.0. The number of hydroxylamine groups is 1. The maximum absolute atomic E-state index is 13.2. The van der Waals surface area contributed by atoms with Crippen molar-refractivity contribution in [1.82, 2.24) is 5.48 Å². The topological polar surface area (TPSA) is 101 Å². The second kappa shape index (κ2) is 8.43. The van der Waals surface area contributed by atoms with Crippen molar-refractivity contribution in [1.29, 1.82) is 0 Å². The van der Waals surface area contributed by atoms with Crippen molar-refractivity contribution >= 4 is 33.1 Å². The summed E-state index contributed by atoms with van der Waals surface area (Å²) in [5, 5.41) is 8.90. The molecule has 3 rings (SSSR count). The van der Waals surface area contributed by atoms with Gasteiger partial charge < -0.3 is 0 Å². The number of unbranched alkanes of at least 4 members (excludes halogenated alkanes) is 2. The van der Waals surface area contributed by atoms with Crippen LogP contribution in [0.5, 0.6) is 0 Å². The molecule has 1 aliphatic heterocycles. The van der Waals surface area contributed by atoms with E-state index >= 15 is 0 Å². The summed E-state index contributed by atoms with van der Waals surface area (Å²) in [6, 6.07) is 10.8. The first-order chi connectivity index (χ1) is 13.4. The largest absolute Gasteiger partial charge is 0.293 e. The molecule has 0 saturated carbocycles. The normalized spacial score (nSPS) is 17.4. The van der Waals surface area contributed by atoms with E-state index in [2.05, 4.69) is 0 Å². The third-order valence-corrected chi connectivity index (χ3v) is 7.04. The molecule has 2 aromatic carbocycles. The van der Waals surface area contributed by atoms with Crippen molar-refractivity contribution in [3.8, 4) is 0 Å². The van der Waals surface area contributed by atoms with Crippen LogP contribution in [0.4, 0.5) is 0 Å². The Bertz CT molecular complexity index is 1020. The molecule has 6 nitrogen and oxygen atoms in total. The molecule has 1 heterocycles. The zero-order valence-corrected chi connectivity index (χ0v) is 16.6. The fourth-order valence-electron chi connectivity index (χ4n) is 3.54. The van der Waals surface area contributed by atoms with Crippen molar-refractivity contribution in [2.24, 2.45) is 0 Å². The van der Waals surface area contributed by atoms with Crippen LogP contribution in [-0.4, -0.2) is 25.3 Å². The minimum atomic E-state index is -3.83. The Morgan fingerprint density at radius 3 is 2.57 bits per heavy atom. The monoisotopic (exact) mass is 421 g/mol. The van der Waals surface area contributed by atoms with Gasteiger partial charge in [-0.25, -0.2) is 13.9 Å². The quantitative estimate of drug-likeness (QED) is 0.418. The lowest BCUT2D eigenvalue weighted by atomic mass is 9.86. The molecule has 0 spiro atoms. The number of nitrogens with one attached hydrogen (secondary N) is 1. The SMILES string of the molecule is O=C(CCCCCC1C(=O)c2ccccc2S(=O)(=O)c2ccc(Cl)cc21)NO. The lowest BCUT2D eigenvalue weighted by Gasteiger charge is -2.16. The molecule has 2 N–H and O–H groups in total. The summed E-state index contributed by atoms with van der Waals surface area (Å²) in [6.45, 7) is 0. The van der Waals surface area contributed by atoms with Crippen LogP contribution in [0.2, 0.25) is 5.02 Å². The van der Waals surface area contributed by atoms with Crippen LogP contribution in [0.3, 0.4) is 0 Å². The average Bonchev–Trinajstić information content (AvgIpc) is 2.75. The molecule has 0 fully saturated rings. The lowest BCUT2D eigenvalue weighted by molar-refractivity contribution is -0.129. The summed E-state index contributed by atoms with van der Waals surface area (Å²) in [7, 11) is -3.83. The third-order valence-electron chi connectivity index (χ3n) is 4.92. The van der Waals surface area contributed by atoms with E-state index in [4.69, 9.17) is 16.8 Å². The Morgan fingerprint density at radius 2 is 1.82 bits per heavy atom. The van der Waals surface area contributed by atoms with E-state index in [1.54, 1.807) is 29.7 Å². The fraction of sp³-hybridized carbons (Fsp3) is 0.300. The molecule has 1 unspecified atom stereocenters. The number of carbonyl (C=O) groups is 2. The number of amides is 1. The molecule has 1 aliphatic rings. The van der Waals surface area contributed by atoms with Crippen molar-refractivity contribution in [2.45, 2.75) is 47.8 Å². The van der Waals surface area contributed by atoms with Crippen molar-refractivity contribution in [3.63, 3.8) is 0 Å². The van der Waals surface area contributed by atoms with Crippen LogP contribution in [0, 0.1) is 0 Å². The summed E-state index contributed by atoms with van der Waals surface area (Å²) in [5.41, 5.74) is 2.20. The minimum Gasteiger partial charge on any atom is -0.293 e. The number of benzene rings is 2. The average molecular weight is 422 g/mol. The van der Waals surface area contributed by atoms with E-state index < -0.39 is 21.7 Å². The first kappa shape index (κ1) is 20.5. The van der Waals surface area contributed by atoms with E-state index in [0.29, 0.717) is 36.3 Å². The molecule has 8 heteroatoms. The Morgan fingerprint density at radius 1 is 1.07 bits per heavy atom. The van der Waals surface area contributed by atoms with Gasteiger partial charge >= 0.3 is 0 Å². The number of halogens is 1. The van der Waals surface area contributed by atoms with Gasteiger partial charge in [-0.1, -0.05) is 42.6 Å². The first-order valence-corrected chi connectivity index (χ1v) is 10.8. The first-order valence-electron chi connectivity index (χ1n) is 8.97. The molecule has 0 radical (unpaired) electrons. The molecule has 2 aromatic rings. The fourth-order valence-corrected chi connectivity index (χ4v) is 5.43. The standard InChI is InChI=1S/C20H20ClNO5S/c21-13-10-11-18-16(12-13)14(6-2-1-3-9-19(23)22-25)20(24)15-7-4-5-8-17(15)28(18,26)27/h4-5,7-8,10-12,14,25H,1-3,6,9H2,(H,22,23). The molecular weight excluding hydrogens is 402 g/mol. The van der Waals surface area contributed by atoms with Crippen LogP contribution in [0.25, 0.3) is 0 Å². The van der Waals surface area contributed by atoms with Gasteiger partial charge in [0.05, 0.1) is 9.79 Å². The number of Topliss-reactive ketones (excluding diaryl/α,β-unsaturated/α-hetero) is 1. The molecule has 0 aromatic heterocycles. The predicted molar refractivity (Wildman–Crippen MR) is 103 cm³/mol. The minimum absolute atomic E-state index is 0.0192. The van der Waals surface area contributed by atoms with Gasteiger partial charge in [0.2, 0.25) is 15.7 Å². The number of hydrogen-bond acceptors (Lipinski definition) is 5. The predicted octanol–water partition coefficient (Wildman–Crippen LogP) is 3.91. The highest BCUT2D eigenvalue weighted by Gasteiger charge is 2.36. The summed E-state index contributed by atoms with van der Waals surface area (Å²) in [4.78, 5) is 24.4. The van der Waals surface area contributed by atoms with Crippen LogP contribution in [0.15, 0.2) is 52.3 Å². The van der Waals surface area contributed by atoms with Crippen LogP contribution >= 0.6 is 11.6 Å². The van der Waals surface area contributed by atoms with Gasteiger partial charge in [0, 0.05) is 22.9 Å². The van der Waals surface area contributed by atoms with Crippen LogP contribution < -0.4 is 5.48 Å². The summed E-state index contributed by atoms with van der Waals surface area (Å²) in [5.74, 6) is -1.32. The maximum Gasteiger partial charge on any atom is 0.243 e. The molecule has 0 aliphatic carbocycles. The highest BCUT2D eigenvalue weighted by atomic mass is 35.5. The van der Waals surface area contributed by atoms with E-state index in [-0.39, 0.29) is 27.6 Å². The Balaban J connectivity index is 1.94. The number of fused-ring (bicyclic) bond motifs is 2. The third kappa shape index (κ3) is 3.97. The number of sulfone groups is 1. The van der Waals surface area contributed by atoms with Gasteiger partial charge in [-0.3, -0.25) is 14.8 Å². The summed E-state index contributed by atoms with van der Waals surface area (Å²) >= 11 is 6.11. The molecule has 0 bridgehead atoms. The Labute approximate surface area is 168 Å². The maximum atomic E-state index is 13.2. The van der Waals surface area contributed by atoms with Gasteiger partial charge in [-0.05, 0) is 42.7 Å². The summed E-state index contributed by atoms with van der Waals surface area (Å²) in [6.07, 6.45) is 2.49. The highest BCUT2D eigenvalue weighted by Crippen LogP contribution is 2.40. The Hall–Kier alpha value is -2.22. The number of rotatable bonds is 6. The molecule has 148 valence electrons. The van der Waals surface area contributed by atoms with E-state index in [1.165, 1.54) is 18.2 Å². The molecule has 1 atom stereocenters.